The van der Waals surface area contributed by atoms with Crippen LogP contribution in [0.3, 0.4) is 0 Å². The van der Waals surface area contributed by atoms with Crippen LogP contribution in [0.4, 0.5) is 4.79 Å². The molecule has 23 heavy (non-hydrogen) atoms. The van der Waals surface area contributed by atoms with Crippen molar-refractivity contribution in [2.45, 2.75) is 19.1 Å². The van der Waals surface area contributed by atoms with Crippen LogP contribution in [0.25, 0.3) is 0 Å². The van der Waals surface area contributed by atoms with Crippen molar-refractivity contribution < 1.29 is 23.9 Å². The molecule has 1 aromatic rings. The van der Waals surface area contributed by atoms with Crippen LogP contribution in [-0.4, -0.2) is 37.7 Å². The lowest BCUT2D eigenvalue weighted by Crippen LogP contribution is -2.45. The number of hydrogen-bond acceptors (Lipinski definition) is 5. The smallest absolute Gasteiger partial charge is 0.407 e. The molecule has 0 fully saturated rings. The molecule has 0 aliphatic heterocycles. The van der Waals surface area contributed by atoms with Crippen molar-refractivity contribution in [2.24, 2.45) is 0 Å². The minimum absolute atomic E-state index is 0.107. The summed E-state index contributed by atoms with van der Waals surface area (Å²) in [5.74, 6) is -1.11. The van der Waals surface area contributed by atoms with E-state index in [1.165, 1.54) is 13.2 Å². The van der Waals surface area contributed by atoms with E-state index in [0.717, 1.165) is 5.56 Å². The number of alkyl carbamates (subject to hydrolysis) is 1. The zero-order valence-electron chi connectivity index (χ0n) is 12.9. The number of benzene rings is 1. The monoisotopic (exact) mass is 320 g/mol. The predicted molar refractivity (Wildman–Crippen MR) is 83.4 cm³/mol. The number of ether oxygens (including phenoxy) is 2. The lowest BCUT2D eigenvalue weighted by Gasteiger charge is -2.15. The van der Waals surface area contributed by atoms with Gasteiger partial charge in [0.25, 0.3) is 0 Å². The number of carbonyl (C=O) groups excluding carboxylic acids is 3. The number of nitrogens with one attached hydrogen (secondary N) is 2. The van der Waals surface area contributed by atoms with Gasteiger partial charge in [0.1, 0.15) is 19.2 Å². The Hall–Kier alpha value is -2.83. The van der Waals surface area contributed by atoms with Gasteiger partial charge in [-0.3, -0.25) is 4.79 Å². The quantitative estimate of drug-likeness (QED) is 0.553. The minimum atomic E-state index is -0.827. The van der Waals surface area contributed by atoms with Crippen molar-refractivity contribution in [3.63, 3.8) is 0 Å². The fourth-order valence-electron chi connectivity index (χ4n) is 1.69. The van der Waals surface area contributed by atoms with Gasteiger partial charge in [-0.1, -0.05) is 36.4 Å². The zero-order valence-corrected chi connectivity index (χ0v) is 12.9. The molecular weight excluding hydrogens is 300 g/mol. The normalized spacial score (nSPS) is 11.0. The summed E-state index contributed by atoms with van der Waals surface area (Å²) in [5.41, 5.74) is 0.837. The van der Waals surface area contributed by atoms with Crippen LogP contribution < -0.4 is 10.6 Å². The highest BCUT2D eigenvalue weighted by atomic mass is 16.5. The van der Waals surface area contributed by atoms with Gasteiger partial charge in [-0.15, -0.1) is 6.58 Å². The van der Waals surface area contributed by atoms with Crippen molar-refractivity contribution in [1.82, 2.24) is 10.6 Å². The lowest BCUT2D eigenvalue weighted by atomic mass is 10.2. The van der Waals surface area contributed by atoms with Crippen molar-refractivity contribution in [1.29, 1.82) is 0 Å². The van der Waals surface area contributed by atoms with Crippen LogP contribution in [0, 0.1) is 0 Å². The molecule has 0 saturated carbocycles. The van der Waals surface area contributed by atoms with E-state index in [1.54, 1.807) is 0 Å². The highest BCUT2D eigenvalue weighted by Crippen LogP contribution is 2.00. The molecule has 0 spiro atoms. The number of amides is 2. The van der Waals surface area contributed by atoms with Crippen LogP contribution in [-0.2, 0) is 25.7 Å². The fraction of sp³-hybridized carbons (Fsp3) is 0.312. The summed E-state index contributed by atoms with van der Waals surface area (Å²) in [4.78, 5) is 34.6. The SMILES string of the molecule is C=CC[C@@H](NC(=O)CNC(=O)OCc1ccccc1)C(=O)OC. The second kappa shape index (κ2) is 9.99. The van der Waals surface area contributed by atoms with Gasteiger partial charge in [-0.25, -0.2) is 9.59 Å². The van der Waals surface area contributed by atoms with Gasteiger partial charge in [0.2, 0.25) is 5.91 Å². The number of rotatable bonds is 8. The van der Waals surface area contributed by atoms with Crippen molar-refractivity contribution >= 4 is 18.0 Å². The van der Waals surface area contributed by atoms with Crippen LogP contribution >= 0.6 is 0 Å². The molecule has 0 bridgehead atoms. The molecule has 7 heteroatoms. The van der Waals surface area contributed by atoms with Crippen molar-refractivity contribution in [3.8, 4) is 0 Å². The maximum Gasteiger partial charge on any atom is 0.407 e. The standard InChI is InChI=1S/C16H20N2O5/c1-3-7-13(15(20)22-2)18-14(19)10-17-16(21)23-11-12-8-5-4-6-9-12/h3-6,8-9,13H,1,7,10-11H2,2H3,(H,17,21)(H,18,19)/t13-/m1/s1. The second-order valence-electron chi connectivity index (χ2n) is 4.58. The van der Waals surface area contributed by atoms with Crippen molar-refractivity contribution in [3.05, 3.63) is 48.6 Å². The topological polar surface area (TPSA) is 93.7 Å². The molecule has 0 heterocycles. The summed E-state index contributed by atoms with van der Waals surface area (Å²) < 4.78 is 9.53. The Morgan fingerprint density at radius 1 is 1.26 bits per heavy atom. The van der Waals surface area contributed by atoms with Gasteiger partial charge in [-0.05, 0) is 12.0 Å². The van der Waals surface area contributed by atoms with Gasteiger partial charge in [0, 0.05) is 0 Å². The molecule has 0 unspecified atom stereocenters. The van der Waals surface area contributed by atoms with E-state index in [9.17, 15) is 14.4 Å². The Morgan fingerprint density at radius 2 is 1.96 bits per heavy atom. The van der Waals surface area contributed by atoms with E-state index in [2.05, 4.69) is 21.9 Å². The number of carbonyl (C=O) groups is 3. The van der Waals surface area contributed by atoms with E-state index in [0.29, 0.717) is 0 Å². The molecular formula is C16H20N2O5. The largest absolute Gasteiger partial charge is 0.467 e. The molecule has 2 N–H and O–H groups in total. The number of esters is 1. The van der Waals surface area contributed by atoms with E-state index in [4.69, 9.17) is 4.74 Å². The Balaban J connectivity index is 2.32. The predicted octanol–water partition coefficient (Wildman–Crippen LogP) is 1.15. The van der Waals surface area contributed by atoms with Gasteiger partial charge < -0.3 is 20.1 Å². The first-order valence-corrected chi connectivity index (χ1v) is 6.99. The lowest BCUT2D eigenvalue weighted by molar-refractivity contribution is -0.144. The zero-order chi connectivity index (χ0) is 17.1. The van der Waals surface area contributed by atoms with Crippen molar-refractivity contribution in [2.75, 3.05) is 13.7 Å². The highest BCUT2D eigenvalue weighted by molar-refractivity contribution is 5.87. The Kier molecular flexibility index (Phi) is 7.91. The molecule has 1 rings (SSSR count). The van der Waals surface area contributed by atoms with Gasteiger partial charge in [0.05, 0.1) is 7.11 Å². The molecule has 2 amide bonds. The summed E-state index contributed by atoms with van der Waals surface area (Å²) in [7, 11) is 1.23. The molecule has 1 atom stereocenters. The molecule has 1 aromatic carbocycles. The Morgan fingerprint density at radius 3 is 2.57 bits per heavy atom. The van der Waals surface area contributed by atoms with E-state index in [1.807, 2.05) is 30.3 Å². The number of hydrogen-bond donors (Lipinski definition) is 2. The summed E-state index contributed by atoms with van der Waals surface area (Å²) in [5, 5.41) is 4.75. The molecule has 0 aromatic heterocycles. The molecule has 7 nitrogen and oxygen atoms in total. The van der Waals surface area contributed by atoms with Gasteiger partial charge in [-0.2, -0.15) is 0 Å². The van der Waals surface area contributed by atoms with Gasteiger partial charge >= 0.3 is 12.1 Å². The molecule has 0 aliphatic carbocycles. The third-order valence-electron chi connectivity index (χ3n) is 2.83. The summed E-state index contributed by atoms with van der Waals surface area (Å²) in [6.07, 6.45) is 1.00. The first-order valence-electron chi connectivity index (χ1n) is 6.99. The van der Waals surface area contributed by atoms with Crippen LogP contribution in [0.5, 0.6) is 0 Å². The maximum absolute atomic E-state index is 11.7. The van der Waals surface area contributed by atoms with Crippen LogP contribution in [0.15, 0.2) is 43.0 Å². The van der Waals surface area contributed by atoms with Crippen LogP contribution in [0.2, 0.25) is 0 Å². The highest BCUT2D eigenvalue weighted by Gasteiger charge is 2.20. The summed E-state index contributed by atoms with van der Waals surface area (Å²) >= 11 is 0. The van der Waals surface area contributed by atoms with E-state index < -0.39 is 24.0 Å². The molecule has 0 aliphatic rings. The van der Waals surface area contributed by atoms with E-state index >= 15 is 0 Å². The molecule has 0 saturated heterocycles. The third kappa shape index (κ3) is 7.12. The summed E-state index contributed by atoms with van der Waals surface area (Å²) in [6, 6.07) is 8.32. The van der Waals surface area contributed by atoms with E-state index in [-0.39, 0.29) is 19.6 Å². The second-order valence-corrected chi connectivity index (χ2v) is 4.58. The fourth-order valence-corrected chi connectivity index (χ4v) is 1.69. The Bertz CT molecular complexity index is 545. The number of methoxy groups -OCH3 is 1. The van der Waals surface area contributed by atoms with Crippen LogP contribution in [0.1, 0.15) is 12.0 Å². The van der Waals surface area contributed by atoms with Gasteiger partial charge in [0.15, 0.2) is 0 Å². The minimum Gasteiger partial charge on any atom is -0.467 e. The average Bonchev–Trinajstić information content (AvgIpc) is 2.58. The summed E-state index contributed by atoms with van der Waals surface area (Å²) in [6.45, 7) is 3.30. The Labute approximate surface area is 134 Å². The maximum atomic E-state index is 11.7. The first-order chi connectivity index (χ1) is 11.1. The third-order valence-corrected chi connectivity index (χ3v) is 2.83. The first kappa shape index (κ1) is 18.2. The molecule has 0 radical (unpaired) electrons. The molecule has 124 valence electrons. The average molecular weight is 320 g/mol.